The van der Waals surface area contributed by atoms with Crippen molar-refractivity contribution in [3.63, 3.8) is 0 Å². The quantitative estimate of drug-likeness (QED) is 0.582. The molecule has 1 aromatic heterocycles. The van der Waals surface area contributed by atoms with E-state index >= 15 is 0 Å². The van der Waals surface area contributed by atoms with Crippen LogP contribution >= 0.6 is 11.8 Å². The number of carbonyl (C=O) groups is 1. The number of carbonyl (C=O) groups excluding carboxylic acids is 1. The number of rotatable bonds is 4. The van der Waals surface area contributed by atoms with Crippen LogP contribution in [0.25, 0.3) is 0 Å². The Morgan fingerprint density at radius 3 is 2.69 bits per heavy atom. The molecule has 0 bridgehead atoms. The lowest BCUT2D eigenvalue weighted by Crippen LogP contribution is -2.24. The molecule has 6 nitrogen and oxygen atoms in total. The first kappa shape index (κ1) is 13.0. The lowest BCUT2D eigenvalue weighted by atomic mass is 10.2. The summed E-state index contributed by atoms with van der Waals surface area (Å²) in [5.74, 6) is 0.415. The Kier molecular flexibility index (Phi) is 4.28. The number of tetrazole rings is 1. The minimum atomic E-state index is -0.423. The second-order valence-electron chi connectivity index (χ2n) is 4.27. The highest BCUT2D eigenvalue weighted by atomic mass is 32.2. The monoisotopic (exact) mass is 244 g/mol. The topological polar surface area (TPSA) is 69.9 Å². The lowest BCUT2D eigenvalue weighted by molar-refractivity contribution is -0.154. The van der Waals surface area contributed by atoms with Gasteiger partial charge < -0.3 is 4.74 Å². The summed E-state index contributed by atoms with van der Waals surface area (Å²) in [6.45, 7) is 5.56. The lowest BCUT2D eigenvalue weighted by Gasteiger charge is -2.19. The zero-order chi connectivity index (χ0) is 12.2. The van der Waals surface area contributed by atoms with Crippen molar-refractivity contribution in [3.05, 3.63) is 0 Å². The van der Waals surface area contributed by atoms with Gasteiger partial charge in [0.05, 0.1) is 6.42 Å². The molecule has 1 rings (SSSR count). The first-order valence-electron chi connectivity index (χ1n) is 4.95. The summed E-state index contributed by atoms with van der Waals surface area (Å²) in [4.78, 5) is 11.4. The average molecular weight is 244 g/mol. The molecule has 0 saturated heterocycles. The van der Waals surface area contributed by atoms with Gasteiger partial charge >= 0.3 is 5.97 Å². The SMILES string of the molecule is Cn1nnnc1SCCC(=O)OC(C)(C)C. The molecule has 0 radical (unpaired) electrons. The summed E-state index contributed by atoms with van der Waals surface area (Å²) >= 11 is 1.43. The number of thioether (sulfide) groups is 1. The number of aromatic nitrogens is 4. The summed E-state index contributed by atoms with van der Waals surface area (Å²) in [5.41, 5.74) is -0.423. The third kappa shape index (κ3) is 4.61. The van der Waals surface area contributed by atoms with E-state index in [-0.39, 0.29) is 5.97 Å². The standard InChI is InChI=1S/C9H16N4O2S/c1-9(2,3)15-7(14)5-6-16-8-10-11-12-13(8)4/h5-6H2,1-4H3. The van der Waals surface area contributed by atoms with Gasteiger partial charge in [0.1, 0.15) is 5.60 Å². The summed E-state index contributed by atoms with van der Waals surface area (Å²) < 4.78 is 6.75. The van der Waals surface area contributed by atoms with Gasteiger partial charge in [-0.05, 0) is 31.2 Å². The number of nitrogens with zero attached hydrogens (tertiary/aromatic N) is 4. The molecule has 0 unspecified atom stereocenters. The van der Waals surface area contributed by atoms with E-state index in [9.17, 15) is 4.79 Å². The first-order chi connectivity index (χ1) is 7.38. The van der Waals surface area contributed by atoms with Crippen LogP contribution in [-0.2, 0) is 16.6 Å². The maximum absolute atomic E-state index is 11.4. The zero-order valence-corrected chi connectivity index (χ0v) is 10.7. The van der Waals surface area contributed by atoms with Gasteiger partial charge in [-0.2, -0.15) is 0 Å². The Balaban J connectivity index is 2.26. The molecule has 0 N–H and O–H groups in total. The van der Waals surface area contributed by atoms with E-state index < -0.39 is 5.60 Å². The Morgan fingerprint density at radius 2 is 2.19 bits per heavy atom. The molecule has 0 fully saturated rings. The highest BCUT2D eigenvalue weighted by molar-refractivity contribution is 7.99. The second-order valence-corrected chi connectivity index (χ2v) is 5.33. The fourth-order valence-electron chi connectivity index (χ4n) is 0.962. The molecular weight excluding hydrogens is 228 g/mol. The van der Waals surface area contributed by atoms with Crippen molar-refractivity contribution >= 4 is 17.7 Å². The van der Waals surface area contributed by atoms with Gasteiger partial charge in [0.15, 0.2) is 0 Å². The fraction of sp³-hybridized carbons (Fsp3) is 0.778. The molecule has 0 saturated carbocycles. The van der Waals surface area contributed by atoms with Gasteiger partial charge in [0, 0.05) is 12.8 Å². The molecule has 1 aromatic rings. The van der Waals surface area contributed by atoms with Crippen molar-refractivity contribution in [2.75, 3.05) is 5.75 Å². The van der Waals surface area contributed by atoms with Gasteiger partial charge in [0.2, 0.25) is 5.16 Å². The van der Waals surface area contributed by atoms with Gasteiger partial charge in [-0.25, -0.2) is 4.68 Å². The number of ether oxygens (including phenoxy) is 1. The molecule has 0 aromatic carbocycles. The van der Waals surface area contributed by atoms with Crippen LogP contribution in [0.1, 0.15) is 27.2 Å². The number of aryl methyl sites for hydroxylation is 1. The van der Waals surface area contributed by atoms with E-state index in [2.05, 4.69) is 15.5 Å². The Morgan fingerprint density at radius 1 is 1.50 bits per heavy atom. The minimum Gasteiger partial charge on any atom is -0.460 e. The molecule has 16 heavy (non-hydrogen) atoms. The van der Waals surface area contributed by atoms with Crippen molar-refractivity contribution in [2.24, 2.45) is 7.05 Å². The van der Waals surface area contributed by atoms with Crippen LogP contribution in [0, 0.1) is 0 Å². The predicted octanol–water partition coefficient (Wildman–Crippen LogP) is 1.03. The molecule has 0 aliphatic heterocycles. The van der Waals surface area contributed by atoms with E-state index in [1.807, 2.05) is 20.8 Å². The maximum Gasteiger partial charge on any atom is 0.307 e. The summed E-state index contributed by atoms with van der Waals surface area (Å²) in [7, 11) is 1.76. The molecule has 0 aliphatic carbocycles. The largest absolute Gasteiger partial charge is 0.460 e. The third-order valence-electron chi connectivity index (χ3n) is 1.54. The van der Waals surface area contributed by atoms with Crippen molar-refractivity contribution in [1.29, 1.82) is 0 Å². The van der Waals surface area contributed by atoms with Crippen LogP contribution in [0.3, 0.4) is 0 Å². The molecule has 0 amide bonds. The minimum absolute atomic E-state index is 0.199. The fourth-order valence-corrected chi connectivity index (χ4v) is 1.73. The highest BCUT2D eigenvalue weighted by Crippen LogP contribution is 2.15. The van der Waals surface area contributed by atoms with Gasteiger partial charge in [-0.3, -0.25) is 4.79 Å². The molecule has 1 heterocycles. The van der Waals surface area contributed by atoms with Crippen LogP contribution in [0.2, 0.25) is 0 Å². The smallest absolute Gasteiger partial charge is 0.307 e. The number of hydrogen-bond donors (Lipinski definition) is 0. The van der Waals surface area contributed by atoms with Crippen molar-refractivity contribution in [2.45, 2.75) is 37.9 Å². The molecular formula is C9H16N4O2S. The van der Waals surface area contributed by atoms with Crippen LogP contribution in [0.5, 0.6) is 0 Å². The van der Waals surface area contributed by atoms with E-state index in [1.54, 1.807) is 11.7 Å². The van der Waals surface area contributed by atoms with Gasteiger partial charge in [0.25, 0.3) is 0 Å². The molecule has 0 atom stereocenters. The Bertz CT molecular complexity index is 359. The van der Waals surface area contributed by atoms with Gasteiger partial charge in [-0.15, -0.1) is 5.10 Å². The average Bonchev–Trinajstić information content (AvgIpc) is 2.48. The van der Waals surface area contributed by atoms with Crippen LogP contribution in [0.15, 0.2) is 5.16 Å². The summed E-state index contributed by atoms with van der Waals surface area (Å²) in [6, 6.07) is 0. The zero-order valence-electron chi connectivity index (χ0n) is 9.93. The molecule has 7 heteroatoms. The van der Waals surface area contributed by atoms with E-state index in [4.69, 9.17) is 4.74 Å². The van der Waals surface area contributed by atoms with E-state index in [1.165, 1.54) is 11.8 Å². The predicted molar refractivity (Wildman–Crippen MR) is 60.0 cm³/mol. The Labute approximate surface area is 98.7 Å². The van der Waals surface area contributed by atoms with Crippen molar-refractivity contribution < 1.29 is 9.53 Å². The van der Waals surface area contributed by atoms with Gasteiger partial charge in [-0.1, -0.05) is 11.8 Å². The first-order valence-corrected chi connectivity index (χ1v) is 5.94. The van der Waals surface area contributed by atoms with Crippen molar-refractivity contribution in [1.82, 2.24) is 20.2 Å². The molecule has 0 aliphatic rings. The molecule has 0 spiro atoms. The van der Waals surface area contributed by atoms with Crippen LogP contribution in [0.4, 0.5) is 0 Å². The molecule has 90 valence electrons. The summed E-state index contributed by atoms with van der Waals surface area (Å²) in [5, 5.41) is 11.7. The second kappa shape index (κ2) is 5.29. The summed E-state index contributed by atoms with van der Waals surface area (Å²) in [6.07, 6.45) is 0.356. The van der Waals surface area contributed by atoms with E-state index in [0.29, 0.717) is 17.3 Å². The normalized spacial score (nSPS) is 11.5. The van der Waals surface area contributed by atoms with E-state index in [0.717, 1.165) is 0 Å². The van der Waals surface area contributed by atoms with Crippen LogP contribution in [-0.4, -0.2) is 37.5 Å². The maximum atomic E-state index is 11.4. The highest BCUT2D eigenvalue weighted by Gasteiger charge is 2.16. The Hall–Kier alpha value is -1.11. The number of hydrogen-bond acceptors (Lipinski definition) is 6. The van der Waals surface area contributed by atoms with Crippen LogP contribution < -0.4 is 0 Å². The van der Waals surface area contributed by atoms with Crippen molar-refractivity contribution in [3.8, 4) is 0 Å². The number of esters is 1. The third-order valence-corrected chi connectivity index (χ3v) is 2.55.